The van der Waals surface area contributed by atoms with Crippen LogP contribution in [-0.2, 0) is 6.18 Å². The predicted octanol–water partition coefficient (Wildman–Crippen LogP) is 5.04. The van der Waals surface area contributed by atoms with Crippen LogP contribution >= 0.6 is 11.6 Å². The van der Waals surface area contributed by atoms with Crippen LogP contribution in [0.2, 0.25) is 5.02 Å². The summed E-state index contributed by atoms with van der Waals surface area (Å²) in [6.45, 7) is 5.52. The van der Waals surface area contributed by atoms with E-state index in [2.05, 4.69) is 15.4 Å². The SMILES string of the molecule is Cc1cc(C(=O)Nc2cnn3c2C(=O)N(c2ccc(C(F)(F)F)c(Cl)c2)CC3C)cc(C)n1. The van der Waals surface area contributed by atoms with Gasteiger partial charge in [-0.05, 0) is 51.1 Å². The Labute approximate surface area is 192 Å². The zero-order chi connectivity index (χ0) is 24.1. The first-order valence-electron chi connectivity index (χ1n) is 9.98. The second kappa shape index (κ2) is 8.18. The van der Waals surface area contributed by atoms with Crippen molar-refractivity contribution in [1.29, 1.82) is 0 Å². The highest BCUT2D eigenvalue weighted by molar-refractivity contribution is 6.31. The third-order valence-corrected chi connectivity index (χ3v) is 5.58. The molecule has 1 aliphatic rings. The number of halogens is 4. The zero-order valence-electron chi connectivity index (χ0n) is 17.9. The lowest BCUT2D eigenvalue weighted by molar-refractivity contribution is -0.137. The molecule has 33 heavy (non-hydrogen) atoms. The number of rotatable bonds is 3. The minimum absolute atomic E-state index is 0.126. The number of fused-ring (bicyclic) bond motifs is 1. The molecule has 1 aliphatic heterocycles. The molecule has 0 spiro atoms. The van der Waals surface area contributed by atoms with Crippen molar-refractivity contribution in [3.8, 4) is 0 Å². The van der Waals surface area contributed by atoms with Crippen molar-refractivity contribution in [2.75, 3.05) is 16.8 Å². The molecule has 0 fully saturated rings. The van der Waals surface area contributed by atoms with Crippen LogP contribution < -0.4 is 10.2 Å². The van der Waals surface area contributed by atoms with E-state index in [0.717, 1.165) is 12.1 Å². The van der Waals surface area contributed by atoms with E-state index < -0.39 is 28.6 Å². The topological polar surface area (TPSA) is 80.1 Å². The average molecular weight is 478 g/mol. The summed E-state index contributed by atoms with van der Waals surface area (Å²) in [5.74, 6) is -0.951. The van der Waals surface area contributed by atoms with E-state index in [1.54, 1.807) is 26.0 Å². The summed E-state index contributed by atoms with van der Waals surface area (Å²) in [7, 11) is 0. The van der Waals surface area contributed by atoms with E-state index in [1.807, 2.05) is 6.92 Å². The summed E-state index contributed by atoms with van der Waals surface area (Å²) in [6, 6.07) is 6.11. The number of amides is 2. The highest BCUT2D eigenvalue weighted by atomic mass is 35.5. The average Bonchev–Trinajstić information content (AvgIpc) is 3.13. The number of hydrogen-bond acceptors (Lipinski definition) is 4. The van der Waals surface area contributed by atoms with Gasteiger partial charge in [0.05, 0.1) is 28.5 Å². The number of nitrogens with one attached hydrogen (secondary N) is 1. The molecule has 172 valence electrons. The Morgan fingerprint density at radius 2 is 1.85 bits per heavy atom. The minimum Gasteiger partial charge on any atom is -0.319 e. The molecule has 0 saturated carbocycles. The maximum atomic E-state index is 13.3. The number of hydrogen-bond donors (Lipinski definition) is 1. The first kappa shape index (κ1) is 22.8. The molecule has 0 radical (unpaired) electrons. The fourth-order valence-corrected chi connectivity index (χ4v) is 4.12. The molecule has 2 aromatic heterocycles. The molecule has 3 heterocycles. The summed E-state index contributed by atoms with van der Waals surface area (Å²) in [5, 5.41) is 6.44. The monoisotopic (exact) mass is 477 g/mol. The number of anilines is 2. The maximum Gasteiger partial charge on any atom is 0.417 e. The van der Waals surface area contributed by atoms with E-state index in [-0.39, 0.29) is 29.7 Å². The molecule has 0 aliphatic carbocycles. The molecule has 11 heteroatoms. The van der Waals surface area contributed by atoms with Gasteiger partial charge in [-0.2, -0.15) is 18.3 Å². The fraction of sp³-hybridized carbons (Fsp3) is 0.273. The Hall–Kier alpha value is -3.40. The Kier molecular flexibility index (Phi) is 5.65. The highest BCUT2D eigenvalue weighted by Gasteiger charge is 2.36. The Bertz CT molecular complexity index is 1250. The van der Waals surface area contributed by atoms with Gasteiger partial charge in [-0.3, -0.25) is 19.3 Å². The Balaban J connectivity index is 1.66. The zero-order valence-corrected chi connectivity index (χ0v) is 18.6. The molecular formula is C22H19ClF3N5O2. The summed E-state index contributed by atoms with van der Waals surface area (Å²) >= 11 is 5.85. The molecule has 1 unspecified atom stereocenters. The number of pyridine rings is 1. The Morgan fingerprint density at radius 3 is 2.45 bits per heavy atom. The minimum atomic E-state index is -4.60. The van der Waals surface area contributed by atoms with Crippen LogP contribution in [0.5, 0.6) is 0 Å². The van der Waals surface area contributed by atoms with Crippen molar-refractivity contribution in [3.05, 3.63) is 69.8 Å². The van der Waals surface area contributed by atoms with Crippen molar-refractivity contribution in [1.82, 2.24) is 14.8 Å². The van der Waals surface area contributed by atoms with Gasteiger partial charge in [0.25, 0.3) is 11.8 Å². The van der Waals surface area contributed by atoms with E-state index >= 15 is 0 Å². The summed E-state index contributed by atoms with van der Waals surface area (Å²) in [5.41, 5.74) is 1.29. The quantitative estimate of drug-likeness (QED) is 0.573. The molecular weight excluding hydrogens is 459 g/mol. The van der Waals surface area contributed by atoms with Crippen molar-refractivity contribution in [2.45, 2.75) is 33.0 Å². The van der Waals surface area contributed by atoms with E-state index in [4.69, 9.17) is 11.6 Å². The number of nitrogens with zero attached hydrogens (tertiary/aromatic N) is 4. The van der Waals surface area contributed by atoms with Gasteiger partial charge in [-0.1, -0.05) is 11.6 Å². The van der Waals surface area contributed by atoms with Crippen LogP contribution in [-0.4, -0.2) is 33.1 Å². The van der Waals surface area contributed by atoms with Gasteiger partial charge in [0.1, 0.15) is 0 Å². The van der Waals surface area contributed by atoms with Crippen molar-refractivity contribution in [3.63, 3.8) is 0 Å². The standard InChI is InChI=1S/C22H19ClF3N5O2/c1-11-6-14(7-12(2)28-11)20(32)29-18-9-27-31-13(3)10-30(21(33)19(18)31)15-4-5-16(17(23)8-15)22(24,25)26/h4-9,13H,10H2,1-3H3,(H,29,32). The van der Waals surface area contributed by atoms with Crippen LogP contribution in [0.1, 0.15) is 50.8 Å². The van der Waals surface area contributed by atoms with E-state index in [9.17, 15) is 22.8 Å². The molecule has 2 amide bonds. The molecule has 1 atom stereocenters. The molecule has 3 aromatic rings. The highest BCUT2D eigenvalue weighted by Crippen LogP contribution is 2.38. The smallest absolute Gasteiger partial charge is 0.319 e. The number of carbonyl (C=O) groups is 2. The first-order chi connectivity index (χ1) is 15.5. The first-order valence-corrected chi connectivity index (χ1v) is 10.4. The van der Waals surface area contributed by atoms with E-state index in [0.29, 0.717) is 17.0 Å². The normalized spacial score (nSPS) is 16.0. The van der Waals surface area contributed by atoms with Gasteiger partial charge in [-0.15, -0.1) is 0 Å². The van der Waals surface area contributed by atoms with Gasteiger partial charge in [-0.25, -0.2) is 0 Å². The third kappa shape index (κ3) is 4.30. The van der Waals surface area contributed by atoms with Gasteiger partial charge in [0.2, 0.25) is 0 Å². The molecule has 7 nitrogen and oxygen atoms in total. The molecule has 0 bridgehead atoms. The second-order valence-electron chi connectivity index (χ2n) is 7.87. The van der Waals surface area contributed by atoms with Crippen molar-refractivity contribution < 1.29 is 22.8 Å². The van der Waals surface area contributed by atoms with Gasteiger partial charge in [0.15, 0.2) is 5.69 Å². The summed E-state index contributed by atoms with van der Waals surface area (Å²) < 4.78 is 40.7. The summed E-state index contributed by atoms with van der Waals surface area (Å²) in [4.78, 5) is 31.7. The predicted molar refractivity (Wildman–Crippen MR) is 117 cm³/mol. The largest absolute Gasteiger partial charge is 0.417 e. The lowest BCUT2D eigenvalue weighted by Crippen LogP contribution is -2.43. The van der Waals surface area contributed by atoms with Crippen LogP contribution in [0.25, 0.3) is 0 Å². The number of aromatic nitrogens is 3. The van der Waals surface area contributed by atoms with Crippen LogP contribution in [0, 0.1) is 13.8 Å². The van der Waals surface area contributed by atoms with Crippen LogP contribution in [0.15, 0.2) is 36.5 Å². The van der Waals surface area contributed by atoms with Gasteiger partial charge < -0.3 is 10.2 Å². The van der Waals surface area contributed by atoms with E-state index in [1.165, 1.54) is 21.8 Å². The number of alkyl halides is 3. The molecule has 4 rings (SSSR count). The van der Waals surface area contributed by atoms with Crippen molar-refractivity contribution >= 4 is 34.8 Å². The number of aryl methyl sites for hydroxylation is 2. The maximum absolute atomic E-state index is 13.3. The van der Waals surface area contributed by atoms with Crippen molar-refractivity contribution in [2.24, 2.45) is 0 Å². The Morgan fingerprint density at radius 1 is 1.18 bits per heavy atom. The van der Waals surface area contributed by atoms with Gasteiger partial charge in [0, 0.05) is 29.2 Å². The molecule has 1 N–H and O–H groups in total. The lowest BCUT2D eigenvalue weighted by atomic mass is 10.1. The van der Waals surface area contributed by atoms with Crippen LogP contribution in [0.3, 0.4) is 0 Å². The summed E-state index contributed by atoms with van der Waals surface area (Å²) in [6.07, 6.45) is -3.22. The van der Waals surface area contributed by atoms with Crippen LogP contribution in [0.4, 0.5) is 24.5 Å². The second-order valence-corrected chi connectivity index (χ2v) is 8.28. The number of carbonyl (C=O) groups excluding carboxylic acids is 2. The number of benzene rings is 1. The molecule has 1 aromatic carbocycles. The molecule has 0 saturated heterocycles. The lowest BCUT2D eigenvalue weighted by Gasteiger charge is -2.32. The van der Waals surface area contributed by atoms with Gasteiger partial charge >= 0.3 is 6.18 Å². The fourth-order valence-electron chi connectivity index (χ4n) is 3.84. The third-order valence-electron chi connectivity index (χ3n) is 5.27.